The van der Waals surface area contributed by atoms with E-state index in [1.165, 1.54) is 13.0 Å². The zero-order valence-corrected chi connectivity index (χ0v) is 10.8. The van der Waals surface area contributed by atoms with Crippen molar-refractivity contribution in [2.45, 2.75) is 25.8 Å². The highest BCUT2D eigenvalue weighted by Gasteiger charge is 2.19. The molecule has 0 aromatic heterocycles. The van der Waals surface area contributed by atoms with Gasteiger partial charge in [-0.1, -0.05) is 13.0 Å². The Labute approximate surface area is 108 Å². The second kappa shape index (κ2) is 5.74. The molecule has 96 valence electrons. The molecule has 0 saturated carbocycles. The lowest BCUT2D eigenvalue weighted by molar-refractivity contribution is 0.227. The van der Waals surface area contributed by atoms with E-state index in [9.17, 15) is 0 Å². The van der Waals surface area contributed by atoms with E-state index in [-0.39, 0.29) is 0 Å². The normalized spacial score (nSPS) is 20.3. The molecule has 0 bridgehead atoms. The van der Waals surface area contributed by atoms with Crippen LogP contribution in [0.5, 0.6) is 0 Å². The van der Waals surface area contributed by atoms with Gasteiger partial charge in [0.15, 0.2) is 0 Å². The summed E-state index contributed by atoms with van der Waals surface area (Å²) in [5, 5.41) is 12.4. The number of hydrogen-bond donors (Lipinski definition) is 2. The van der Waals surface area contributed by atoms with E-state index in [1.807, 2.05) is 12.1 Å². The minimum Gasteiger partial charge on any atom is -0.396 e. The summed E-state index contributed by atoms with van der Waals surface area (Å²) in [4.78, 5) is 2.44. The number of likely N-dealkylation sites (N-methyl/N-ethyl adjacent to an activating group) is 1. The van der Waals surface area contributed by atoms with Crippen LogP contribution in [0.3, 0.4) is 0 Å². The van der Waals surface area contributed by atoms with Crippen molar-refractivity contribution in [3.05, 3.63) is 23.8 Å². The molecule has 18 heavy (non-hydrogen) atoms. The molecule has 3 N–H and O–H groups in total. The lowest BCUT2D eigenvalue weighted by atomic mass is 10.0. The first-order valence-corrected chi connectivity index (χ1v) is 6.52. The van der Waals surface area contributed by atoms with Gasteiger partial charge in [0.05, 0.1) is 16.9 Å². The fourth-order valence-electron chi connectivity index (χ4n) is 2.47. The molecule has 1 fully saturated rings. The number of nitrogens with zero attached hydrogens (tertiary/aromatic N) is 2. The standard InChI is InChI=1S/C14H20N4/c1-2-18-8-4-6-12(10-18)17-13-7-3-5-11(9-15)14(13)16/h3,5,7,12,17H,2,4,6,8,10,16H2,1H3. The van der Waals surface area contributed by atoms with E-state index in [2.05, 4.69) is 23.2 Å². The third-order valence-electron chi connectivity index (χ3n) is 3.54. The van der Waals surface area contributed by atoms with Crippen molar-refractivity contribution in [2.75, 3.05) is 30.7 Å². The number of rotatable bonds is 3. The Balaban J connectivity index is 2.07. The van der Waals surface area contributed by atoms with Gasteiger partial charge in [0.25, 0.3) is 0 Å². The first-order valence-electron chi connectivity index (χ1n) is 6.52. The molecule has 4 nitrogen and oxygen atoms in total. The van der Waals surface area contributed by atoms with Crippen LogP contribution in [0.25, 0.3) is 0 Å². The highest BCUT2D eigenvalue weighted by atomic mass is 15.2. The molecule has 0 radical (unpaired) electrons. The van der Waals surface area contributed by atoms with Crippen molar-refractivity contribution in [1.82, 2.24) is 4.90 Å². The van der Waals surface area contributed by atoms with Gasteiger partial charge in [-0.05, 0) is 38.1 Å². The number of piperidine rings is 1. The first kappa shape index (κ1) is 12.7. The largest absolute Gasteiger partial charge is 0.396 e. The Morgan fingerprint density at radius 1 is 1.56 bits per heavy atom. The molecule has 1 aliphatic heterocycles. The van der Waals surface area contributed by atoms with Crippen molar-refractivity contribution in [2.24, 2.45) is 0 Å². The number of nitrogens with one attached hydrogen (secondary N) is 1. The fraction of sp³-hybridized carbons (Fsp3) is 0.500. The van der Waals surface area contributed by atoms with Crippen LogP contribution >= 0.6 is 0 Å². The summed E-state index contributed by atoms with van der Waals surface area (Å²) in [5.41, 5.74) is 7.97. The van der Waals surface area contributed by atoms with Gasteiger partial charge in [-0.25, -0.2) is 0 Å². The van der Waals surface area contributed by atoms with Gasteiger partial charge < -0.3 is 16.0 Å². The smallest absolute Gasteiger partial charge is 0.101 e. The number of para-hydroxylation sites is 1. The number of nitrogens with two attached hydrogens (primary N) is 1. The van der Waals surface area contributed by atoms with Gasteiger partial charge >= 0.3 is 0 Å². The third-order valence-corrected chi connectivity index (χ3v) is 3.54. The van der Waals surface area contributed by atoms with E-state index in [4.69, 9.17) is 11.0 Å². The molecule has 1 heterocycles. The minimum absolute atomic E-state index is 0.426. The van der Waals surface area contributed by atoms with Gasteiger partial charge in [0.1, 0.15) is 6.07 Å². The summed E-state index contributed by atoms with van der Waals surface area (Å²) < 4.78 is 0. The van der Waals surface area contributed by atoms with E-state index in [0.717, 1.165) is 25.2 Å². The maximum absolute atomic E-state index is 8.96. The van der Waals surface area contributed by atoms with Crippen LogP contribution < -0.4 is 11.1 Å². The topological polar surface area (TPSA) is 65.1 Å². The summed E-state index contributed by atoms with van der Waals surface area (Å²) >= 11 is 0. The van der Waals surface area contributed by atoms with Crippen molar-refractivity contribution in [1.29, 1.82) is 5.26 Å². The molecular weight excluding hydrogens is 224 g/mol. The first-order chi connectivity index (χ1) is 8.74. The van der Waals surface area contributed by atoms with Crippen LogP contribution in [-0.2, 0) is 0 Å². The predicted octanol–water partition coefficient (Wildman–Crippen LogP) is 2.04. The number of nitrogen functional groups attached to an aromatic ring is 1. The summed E-state index contributed by atoms with van der Waals surface area (Å²) in [5.74, 6) is 0. The molecule has 1 aromatic rings. The number of likely N-dealkylation sites (tertiary alicyclic amines) is 1. The van der Waals surface area contributed by atoms with Crippen molar-refractivity contribution in [3.8, 4) is 6.07 Å². The van der Waals surface area contributed by atoms with Crippen LogP contribution in [0.4, 0.5) is 11.4 Å². The van der Waals surface area contributed by atoms with Crippen LogP contribution in [0.2, 0.25) is 0 Å². The second-order valence-corrected chi connectivity index (χ2v) is 4.76. The highest BCUT2D eigenvalue weighted by Crippen LogP contribution is 2.24. The Hall–Kier alpha value is -1.73. The molecule has 0 spiro atoms. The van der Waals surface area contributed by atoms with Crippen LogP contribution in [-0.4, -0.2) is 30.6 Å². The SMILES string of the molecule is CCN1CCCC(Nc2cccc(C#N)c2N)C1. The predicted molar refractivity (Wildman–Crippen MR) is 74.3 cm³/mol. The van der Waals surface area contributed by atoms with E-state index in [1.54, 1.807) is 6.07 Å². The zero-order chi connectivity index (χ0) is 13.0. The molecule has 0 aliphatic carbocycles. The average Bonchev–Trinajstić information content (AvgIpc) is 2.41. The van der Waals surface area contributed by atoms with Crippen LogP contribution in [0.15, 0.2) is 18.2 Å². The summed E-state index contributed by atoms with van der Waals surface area (Å²) in [6.07, 6.45) is 2.37. The Kier molecular flexibility index (Phi) is 4.06. The van der Waals surface area contributed by atoms with E-state index >= 15 is 0 Å². The minimum atomic E-state index is 0.426. The second-order valence-electron chi connectivity index (χ2n) is 4.76. The van der Waals surface area contributed by atoms with Crippen LogP contribution in [0.1, 0.15) is 25.3 Å². The molecule has 1 saturated heterocycles. The van der Waals surface area contributed by atoms with Gasteiger partial charge in [-0.2, -0.15) is 5.26 Å². The average molecular weight is 244 g/mol. The number of nitriles is 1. The van der Waals surface area contributed by atoms with E-state index < -0.39 is 0 Å². The lowest BCUT2D eigenvalue weighted by Gasteiger charge is -2.33. The monoisotopic (exact) mass is 244 g/mol. The quantitative estimate of drug-likeness (QED) is 0.799. The van der Waals surface area contributed by atoms with Gasteiger partial charge in [-0.15, -0.1) is 0 Å². The van der Waals surface area contributed by atoms with Crippen LogP contribution in [0, 0.1) is 11.3 Å². The number of benzene rings is 1. The molecule has 1 aliphatic rings. The summed E-state index contributed by atoms with van der Waals surface area (Å²) in [6, 6.07) is 8.11. The van der Waals surface area contributed by atoms with Gasteiger partial charge in [0, 0.05) is 12.6 Å². The maximum Gasteiger partial charge on any atom is 0.101 e. The maximum atomic E-state index is 8.96. The number of anilines is 2. The highest BCUT2D eigenvalue weighted by molar-refractivity contribution is 5.73. The van der Waals surface area contributed by atoms with Crippen molar-refractivity contribution >= 4 is 11.4 Å². The third kappa shape index (κ3) is 2.74. The molecule has 4 heteroatoms. The summed E-state index contributed by atoms with van der Waals surface area (Å²) in [6.45, 7) is 5.51. The Morgan fingerprint density at radius 3 is 3.11 bits per heavy atom. The van der Waals surface area contributed by atoms with E-state index in [0.29, 0.717) is 17.3 Å². The lowest BCUT2D eigenvalue weighted by Crippen LogP contribution is -2.41. The van der Waals surface area contributed by atoms with Crippen molar-refractivity contribution in [3.63, 3.8) is 0 Å². The van der Waals surface area contributed by atoms with Crippen molar-refractivity contribution < 1.29 is 0 Å². The Morgan fingerprint density at radius 2 is 2.39 bits per heavy atom. The molecule has 1 aromatic carbocycles. The molecule has 1 atom stereocenters. The zero-order valence-electron chi connectivity index (χ0n) is 10.8. The summed E-state index contributed by atoms with van der Waals surface area (Å²) in [7, 11) is 0. The van der Waals surface area contributed by atoms with Gasteiger partial charge in [-0.3, -0.25) is 0 Å². The number of hydrogen-bond acceptors (Lipinski definition) is 4. The molecular formula is C14H20N4. The fourth-order valence-corrected chi connectivity index (χ4v) is 2.47. The molecule has 2 rings (SSSR count). The molecule has 0 amide bonds. The van der Waals surface area contributed by atoms with Gasteiger partial charge in [0.2, 0.25) is 0 Å². The Bertz CT molecular complexity index is 450. The molecule has 1 unspecified atom stereocenters.